The Balaban J connectivity index is 1.36. The first kappa shape index (κ1) is 32.1. The Morgan fingerprint density at radius 1 is 0.863 bits per heavy atom. The van der Waals surface area contributed by atoms with Crippen molar-refractivity contribution in [2.24, 2.45) is 23.7 Å². The van der Waals surface area contributed by atoms with E-state index in [0.29, 0.717) is 28.0 Å². The molecule has 4 aliphatic rings. The van der Waals surface area contributed by atoms with Gasteiger partial charge in [-0.25, -0.2) is 4.90 Å². The van der Waals surface area contributed by atoms with E-state index in [4.69, 9.17) is 4.74 Å². The van der Waals surface area contributed by atoms with Crippen LogP contribution in [0.1, 0.15) is 35.4 Å². The van der Waals surface area contributed by atoms with Crippen LogP contribution in [0, 0.1) is 33.8 Å². The van der Waals surface area contributed by atoms with Gasteiger partial charge in [-0.05, 0) is 60.2 Å². The zero-order valence-corrected chi connectivity index (χ0v) is 27.5. The average Bonchev–Trinajstić information content (AvgIpc) is 3.42. The molecule has 254 valence electrons. The smallest absolute Gasteiger partial charge is 0.271 e. The molecule has 2 fully saturated rings. The number of allylic oxidation sites excluding steroid dienone is 4. The second-order valence-corrected chi connectivity index (χ2v) is 13.5. The third kappa shape index (κ3) is 4.70. The summed E-state index contributed by atoms with van der Waals surface area (Å²) in [4.78, 5) is 70.7. The van der Waals surface area contributed by atoms with E-state index in [1.54, 1.807) is 36.4 Å². The number of nitrogens with zero attached hydrogens (tertiary/aromatic N) is 2. The molecule has 6 unspecified atom stereocenters. The Hall–Kier alpha value is -6.16. The highest BCUT2D eigenvalue weighted by Gasteiger charge is 2.66. The van der Waals surface area contributed by atoms with Gasteiger partial charge in [0.25, 0.3) is 5.69 Å². The van der Waals surface area contributed by atoms with Gasteiger partial charge in [-0.15, -0.1) is 0 Å². The van der Waals surface area contributed by atoms with Crippen molar-refractivity contribution >= 4 is 40.3 Å². The molecule has 6 atom stereocenters. The number of fused-ring (bicyclic) bond motifs is 4. The van der Waals surface area contributed by atoms with Crippen molar-refractivity contribution in [3.63, 3.8) is 0 Å². The first-order valence-corrected chi connectivity index (χ1v) is 16.8. The summed E-state index contributed by atoms with van der Waals surface area (Å²) in [5, 5.41) is 23.2. The number of carbonyl (C=O) groups is 4. The molecule has 10 nitrogen and oxygen atoms in total. The molecule has 3 aliphatic carbocycles. The maximum absolute atomic E-state index is 15.1. The number of ether oxygens (including phenoxy) is 1. The number of anilines is 1. The molecule has 1 saturated heterocycles. The monoisotopic (exact) mass is 680 g/mol. The molecule has 1 saturated carbocycles. The standard InChI is InChI=1S/C41H32N2O8/c1-51-27-15-18-34(44)32(20-27)37-28-16-17-29-36(40(48)42(39(29)47)25-13-8-14-26(19-25)43(49)50)31(28)21-33-38(46)30(23-9-4-2-5-10-23)22-35(45)41(33,37)24-11-6-3-7-12-24/h2-16,18-20,22,29,31,33,36-37,44H,17,21H2,1H3. The van der Waals surface area contributed by atoms with E-state index in [1.165, 1.54) is 43.5 Å². The number of amides is 2. The number of phenolic OH excluding ortho intramolecular Hbond substituents is 1. The minimum Gasteiger partial charge on any atom is -0.508 e. The second-order valence-electron chi connectivity index (χ2n) is 13.5. The van der Waals surface area contributed by atoms with Crippen LogP contribution in [0.5, 0.6) is 11.5 Å². The molecule has 10 heteroatoms. The van der Waals surface area contributed by atoms with E-state index in [2.05, 4.69) is 0 Å². The van der Waals surface area contributed by atoms with Gasteiger partial charge in [-0.1, -0.05) is 78.4 Å². The topological polar surface area (TPSA) is 144 Å². The Bertz CT molecular complexity index is 2210. The van der Waals surface area contributed by atoms with Gasteiger partial charge in [0.2, 0.25) is 11.8 Å². The quantitative estimate of drug-likeness (QED) is 0.108. The maximum Gasteiger partial charge on any atom is 0.271 e. The number of rotatable bonds is 6. The Morgan fingerprint density at radius 3 is 2.29 bits per heavy atom. The minimum atomic E-state index is -1.51. The van der Waals surface area contributed by atoms with Crippen molar-refractivity contribution in [1.29, 1.82) is 0 Å². The van der Waals surface area contributed by atoms with Crippen LogP contribution in [0.3, 0.4) is 0 Å². The lowest BCUT2D eigenvalue weighted by atomic mass is 9.44. The van der Waals surface area contributed by atoms with Gasteiger partial charge in [-0.3, -0.25) is 29.3 Å². The van der Waals surface area contributed by atoms with E-state index < -0.39 is 51.7 Å². The van der Waals surface area contributed by atoms with Crippen LogP contribution in [0.15, 0.2) is 121 Å². The molecule has 0 radical (unpaired) electrons. The lowest BCUT2D eigenvalue weighted by Crippen LogP contribution is -2.58. The lowest BCUT2D eigenvalue weighted by molar-refractivity contribution is -0.384. The molecule has 1 heterocycles. The van der Waals surface area contributed by atoms with Crippen LogP contribution in [0.25, 0.3) is 5.57 Å². The first-order chi connectivity index (χ1) is 24.7. The van der Waals surface area contributed by atoms with Crippen molar-refractivity contribution < 1.29 is 33.9 Å². The SMILES string of the molecule is COc1ccc(O)c(C2C3=CCC4C(=O)N(c5cccc([N+](=O)[O-])c5)C(=O)C4C3CC3C(=O)C(c4ccccc4)=CC(=O)C32c2ccccc2)c1. The van der Waals surface area contributed by atoms with Gasteiger partial charge >= 0.3 is 0 Å². The van der Waals surface area contributed by atoms with Crippen molar-refractivity contribution in [2.45, 2.75) is 24.2 Å². The third-order valence-electron chi connectivity index (χ3n) is 11.2. The highest BCUT2D eigenvalue weighted by molar-refractivity contribution is 6.32. The molecule has 51 heavy (non-hydrogen) atoms. The van der Waals surface area contributed by atoms with E-state index in [1.807, 2.05) is 42.5 Å². The lowest BCUT2D eigenvalue weighted by Gasteiger charge is -2.55. The number of methoxy groups -OCH3 is 1. The molecular formula is C41H32N2O8. The van der Waals surface area contributed by atoms with Gasteiger partial charge in [0.15, 0.2) is 11.6 Å². The predicted octanol–water partition coefficient (Wildman–Crippen LogP) is 6.34. The van der Waals surface area contributed by atoms with Gasteiger partial charge in [0.1, 0.15) is 11.5 Å². The maximum atomic E-state index is 15.1. The van der Waals surface area contributed by atoms with Crippen LogP contribution in [-0.2, 0) is 24.6 Å². The first-order valence-electron chi connectivity index (χ1n) is 16.8. The van der Waals surface area contributed by atoms with Crippen molar-refractivity contribution in [3.8, 4) is 11.5 Å². The van der Waals surface area contributed by atoms with Crippen LogP contribution < -0.4 is 9.64 Å². The zero-order chi connectivity index (χ0) is 35.6. The molecule has 4 aromatic rings. The Morgan fingerprint density at radius 2 is 1.59 bits per heavy atom. The Kier molecular flexibility index (Phi) is 7.55. The highest BCUT2D eigenvalue weighted by Crippen LogP contribution is 2.64. The molecule has 4 aromatic carbocycles. The number of imide groups is 1. The van der Waals surface area contributed by atoms with Crippen LogP contribution >= 0.6 is 0 Å². The summed E-state index contributed by atoms with van der Waals surface area (Å²) < 4.78 is 5.58. The van der Waals surface area contributed by atoms with E-state index in [0.717, 1.165) is 4.90 Å². The number of nitro groups is 1. The number of carbonyl (C=O) groups excluding carboxylic acids is 4. The summed E-state index contributed by atoms with van der Waals surface area (Å²) in [6.45, 7) is 0. The minimum absolute atomic E-state index is 0.0830. The van der Waals surface area contributed by atoms with Crippen LogP contribution in [0.4, 0.5) is 11.4 Å². The molecule has 1 N–H and O–H groups in total. The summed E-state index contributed by atoms with van der Waals surface area (Å²) in [5.41, 5.74) is 0.820. The van der Waals surface area contributed by atoms with Crippen molar-refractivity contribution in [3.05, 3.63) is 148 Å². The van der Waals surface area contributed by atoms with Crippen molar-refractivity contribution in [1.82, 2.24) is 0 Å². The van der Waals surface area contributed by atoms with Gasteiger partial charge in [0.05, 0.1) is 35.0 Å². The highest BCUT2D eigenvalue weighted by atomic mass is 16.6. The molecule has 0 spiro atoms. The fraction of sp³-hybridized carbons (Fsp3) is 0.220. The second kappa shape index (κ2) is 12.0. The number of aromatic hydroxyl groups is 1. The molecule has 0 bridgehead atoms. The number of benzene rings is 4. The van der Waals surface area contributed by atoms with E-state index in [9.17, 15) is 24.8 Å². The van der Waals surface area contributed by atoms with Crippen molar-refractivity contribution in [2.75, 3.05) is 12.0 Å². The largest absolute Gasteiger partial charge is 0.508 e. The summed E-state index contributed by atoms with van der Waals surface area (Å²) >= 11 is 0. The van der Waals surface area contributed by atoms with Crippen LogP contribution in [-0.4, -0.2) is 40.5 Å². The molecule has 1 aliphatic heterocycles. The zero-order valence-electron chi connectivity index (χ0n) is 27.5. The Labute approximate surface area is 292 Å². The molecule has 2 amide bonds. The van der Waals surface area contributed by atoms with Gasteiger partial charge in [0, 0.05) is 35.1 Å². The summed E-state index contributed by atoms with van der Waals surface area (Å²) in [6, 6.07) is 28.3. The molecular weight excluding hydrogens is 648 g/mol. The number of ketones is 2. The normalized spacial score (nSPS) is 26.8. The average molecular weight is 681 g/mol. The van der Waals surface area contributed by atoms with Crippen LogP contribution in [0.2, 0.25) is 0 Å². The van der Waals surface area contributed by atoms with Gasteiger partial charge < -0.3 is 9.84 Å². The number of hydrogen-bond acceptors (Lipinski definition) is 8. The number of Topliss-reactive ketones (excluding diaryl/α,β-unsaturated/α-hetero) is 1. The fourth-order valence-corrected chi connectivity index (χ4v) is 9.11. The molecule has 0 aromatic heterocycles. The number of non-ortho nitro benzene ring substituents is 1. The number of nitro benzene ring substituents is 1. The summed E-state index contributed by atoms with van der Waals surface area (Å²) in [5.74, 6) is -5.52. The van der Waals surface area contributed by atoms with E-state index in [-0.39, 0.29) is 47.1 Å². The number of hydrogen-bond donors (Lipinski definition) is 1. The summed E-state index contributed by atoms with van der Waals surface area (Å²) in [7, 11) is 1.50. The van der Waals surface area contributed by atoms with Gasteiger partial charge in [-0.2, -0.15) is 0 Å². The molecule has 8 rings (SSSR count). The summed E-state index contributed by atoms with van der Waals surface area (Å²) in [6.07, 6.45) is 3.56. The predicted molar refractivity (Wildman–Crippen MR) is 187 cm³/mol. The van der Waals surface area contributed by atoms with E-state index >= 15 is 9.59 Å². The number of phenols is 1. The third-order valence-corrected chi connectivity index (χ3v) is 11.2. The fourth-order valence-electron chi connectivity index (χ4n) is 9.11.